The molecule has 0 spiro atoms. The van der Waals surface area contributed by atoms with Crippen LogP contribution in [0.5, 0.6) is 0 Å². The molecule has 0 bridgehead atoms. The zero-order valence-corrected chi connectivity index (χ0v) is 13.4. The predicted octanol–water partition coefficient (Wildman–Crippen LogP) is 1.43. The van der Waals surface area contributed by atoms with Crippen LogP contribution >= 0.6 is 0 Å². The van der Waals surface area contributed by atoms with Gasteiger partial charge in [0.15, 0.2) is 0 Å². The minimum Gasteiger partial charge on any atom is -0.367 e. The molecule has 0 aliphatic carbocycles. The van der Waals surface area contributed by atoms with Gasteiger partial charge in [-0.1, -0.05) is 0 Å². The fourth-order valence-corrected chi connectivity index (χ4v) is 3.17. The van der Waals surface area contributed by atoms with Gasteiger partial charge in [-0.2, -0.15) is 5.10 Å². The maximum absolute atomic E-state index is 13.9. The number of nitrogens with one attached hydrogen (secondary N) is 1. The molecule has 23 heavy (non-hydrogen) atoms. The van der Waals surface area contributed by atoms with Crippen LogP contribution in [-0.2, 0) is 13.6 Å². The smallest absolute Gasteiger partial charge is 0.255 e. The lowest BCUT2D eigenvalue weighted by atomic mass is 10.1. The van der Waals surface area contributed by atoms with Crippen LogP contribution < -0.4 is 0 Å². The lowest BCUT2D eigenvalue weighted by molar-refractivity contribution is 0.0750. The molecule has 124 valence electrons. The van der Waals surface area contributed by atoms with Crippen LogP contribution in [-0.4, -0.2) is 62.8 Å². The van der Waals surface area contributed by atoms with Crippen LogP contribution in [0.2, 0.25) is 0 Å². The topological polar surface area (TPSA) is 57.2 Å². The van der Waals surface area contributed by atoms with E-state index >= 15 is 0 Å². The van der Waals surface area contributed by atoms with Crippen molar-refractivity contribution < 1.29 is 9.18 Å². The van der Waals surface area contributed by atoms with Gasteiger partial charge in [-0.15, -0.1) is 0 Å². The third-order valence-corrected chi connectivity index (χ3v) is 4.30. The molecule has 2 aromatic rings. The lowest BCUT2D eigenvalue weighted by Gasteiger charge is -2.28. The fraction of sp³-hybridized carbons (Fsp3) is 0.500. The molecule has 0 saturated carbocycles. The Hall–Kier alpha value is -2.15. The third kappa shape index (κ3) is 3.61. The largest absolute Gasteiger partial charge is 0.367 e. The summed E-state index contributed by atoms with van der Waals surface area (Å²) in [4.78, 5) is 19.0. The molecule has 1 N–H and O–H groups in total. The summed E-state index contributed by atoms with van der Waals surface area (Å²) in [6.07, 6.45) is 6.77. The maximum atomic E-state index is 13.9. The molecule has 1 saturated heterocycles. The normalized spacial score (nSPS) is 21.7. The number of alkyl halides is 1. The second-order valence-electron chi connectivity index (χ2n) is 6.22. The fourth-order valence-electron chi connectivity index (χ4n) is 3.17. The summed E-state index contributed by atoms with van der Waals surface area (Å²) in [5, 5.41) is 4.15. The molecule has 1 fully saturated rings. The van der Waals surface area contributed by atoms with E-state index in [0.717, 1.165) is 5.56 Å². The van der Waals surface area contributed by atoms with Crippen LogP contribution in [0.3, 0.4) is 0 Å². The van der Waals surface area contributed by atoms with Crippen molar-refractivity contribution in [2.75, 3.05) is 20.1 Å². The first-order chi connectivity index (χ1) is 11.0. The summed E-state index contributed by atoms with van der Waals surface area (Å²) < 4.78 is 15.6. The summed E-state index contributed by atoms with van der Waals surface area (Å²) in [6, 6.07) is 1.77. The highest BCUT2D eigenvalue weighted by Crippen LogP contribution is 2.23. The number of halogens is 1. The Balaban J connectivity index is 1.63. The van der Waals surface area contributed by atoms with Crippen LogP contribution in [0.4, 0.5) is 4.39 Å². The molecular weight excluding hydrogens is 297 g/mol. The van der Waals surface area contributed by atoms with Crippen LogP contribution in [0.15, 0.2) is 30.9 Å². The lowest BCUT2D eigenvalue weighted by Crippen LogP contribution is -2.40. The van der Waals surface area contributed by atoms with Gasteiger partial charge in [0, 0.05) is 63.9 Å². The first kappa shape index (κ1) is 15.7. The quantitative estimate of drug-likeness (QED) is 0.907. The average molecular weight is 319 g/mol. The molecule has 3 heterocycles. The number of H-pyrrole nitrogens is 1. The zero-order valence-electron chi connectivity index (χ0n) is 13.4. The van der Waals surface area contributed by atoms with E-state index in [1.54, 1.807) is 41.3 Å². The van der Waals surface area contributed by atoms with Crippen LogP contribution in [0, 0.1) is 0 Å². The second kappa shape index (κ2) is 6.54. The first-order valence-corrected chi connectivity index (χ1v) is 7.77. The highest BCUT2D eigenvalue weighted by molar-refractivity contribution is 5.93. The molecule has 3 rings (SSSR count). The summed E-state index contributed by atoms with van der Waals surface area (Å²) >= 11 is 0. The highest BCUT2D eigenvalue weighted by Gasteiger charge is 2.33. The van der Waals surface area contributed by atoms with Crippen LogP contribution in [0.25, 0.3) is 0 Å². The molecule has 2 aromatic heterocycles. The Kier molecular flexibility index (Phi) is 4.47. The number of aromatic nitrogens is 3. The van der Waals surface area contributed by atoms with Crippen molar-refractivity contribution in [1.82, 2.24) is 24.6 Å². The Morgan fingerprint density at radius 1 is 1.57 bits per heavy atom. The van der Waals surface area contributed by atoms with E-state index < -0.39 is 6.17 Å². The number of aryl methyl sites for hydroxylation is 1. The number of rotatable bonds is 5. The number of hydrogen-bond acceptors (Lipinski definition) is 3. The van der Waals surface area contributed by atoms with Gasteiger partial charge in [-0.3, -0.25) is 14.4 Å². The number of nitrogens with zero attached hydrogens (tertiary/aromatic N) is 4. The van der Waals surface area contributed by atoms with Crippen LogP contribution in [0.1, 0.15) is 22.3 Å². The number of amides is 1. The summed E-state index contributed by atoms with van der Waals surface area (Å²) in [5.41, 5.74) is 1.69. The number of carbonyl (C=O) groups excluding carboxylic acids is 1. The minimum absolute atomic E-state index is 0.0260. The Morgan fingerprint density at radius 2 is 2.39 bits per heavy atom. The van der Waals surface area contributed by atoms with Crippen molar-refractivity contribution >= 4 is 5.91 Å². The van der Waals surface area contributed by atoms with Crippen molar-refractivity contribution in [3.05, 3.63) is 42.0 Å². The van der Waals surface area contributed by atoms with E-state index in [1.807, 2.05) is 13.2 Å². The third-order valence-electron chi connectivity index (χ3n) is 4.30. The zero-order chi connectivity index (χ0) is 16.4. The van der Waals surface area contributed by atoms with E-state index in [9.17, 15) is 9.18 Å². The number of carbonyl (C=O) groups is 1. The number of likely N-dealkylation sites (N-methyl/N-ethyl adjacent to an activating group) is 1. The summed E-state index contributed by atoms with van der Waals surface area (Å²) in [6.45, 7) is 1.58. The number of hydrogen-bond donors (Lipinski definition) is 1. The van der Waals surface area contributed by atoms with Crippen molar-refractivity contribution in [3.8, 4) is 0 Å². The van der Waals surface area contributed by atoms with Gasteiger partial charge in [0.05, 0.1) is 11.8 Å². The molecule has 7 heteroatoms. The molecule has 1 amide bonds. The van der Waals surface area contributed by atoms with Gasteiger partial charge in [-0.25, -0.2) is 4.39 Å². The molecule has 0 radical (unpaired) electrons. The number of likely N-dealkylation sites (tertiary alicyclic amines) is 1. The number of aromatic amines is 1. The second-order valence-corrected chi connectivity index (χ2v) is 6.22. The van der Waals surface area contributed by atoms with E-state index in [1.165, 1.54) is 0 Å². The van der Waals surface area contributed by atoms with Gasteiger partial charge >= 0.3 is 0 Å². The highest BCUT2D eigenvalue weighted by atomic mass is 19.1. The van der Waals surface area contributed by atoms with Crippen molar-refractivity contribution in [2.45, 2.75) is 25.2 Å². The van der Waals surface area contributed by atoms with Gasteiger partial charge in [0.25, 0.3) is 5.91 Å². The SMILES string of the molecule is CN(C[C@@H]1C[C@H](F)CN1Cc1cnn(C)c1)C(=O)c1cc[nH]c1. The predicted molar refractivity (Wildman–Crippen MR) is 84.7 cm³/mol. The monoisotopic (exact) mass is 319 g/mol. The molecular formula is C16H22FN5O. The van der Waals surface area contributed by atoms with Crippen molar-refractivity contribution in [1.29, 1.82) is 0 Å². The summed E-state index contributed by atoms with van der Waals surface area (Å²) in [5.74, 6) is -0.0464. The van der Waals surface area contributed by atoms with Gasteiger partial charge in [-0.05, 0) is 12.5 Å². The van der Waals surface area contributed by atoms with E-state index in [-0.39, 0.29) is 11.9 Å². The van der Waals surface area contributed by atoms with E-state index in [4.69, 9.17) is 0 Å². The Morgan fingerprint density at radius 3 is 3.04 bits per heavy atom. The molecule has 6 nitrogen and oxygen atoms in total. The summed E-state index contributed by atoms with van der Waals surface area (Å²) in [7, 11) is 3.63. The van der Waals surface area contributed by atoms with Crippen molar-refractivity contribution in [3.63, 3.8) is 0 Å². The average Bonchev–Trinajstić information content (AvgIpc) is 3.22. The molecule has 1 aliphatic rings. The maximum Gasteiger partial charge on any atom is 0.255 e. The van der Waals surface area contributed by atoms with Crippen molar-refractivity contribution in [2.24, 2.45) is 7.05 Å². The Bertz CT molecular complexity index is 653. The standard InChI is InChI=1S/C16H22FN5O/c1-20(16(23)13-3-4-18-7-13)11-15-5-14(17)10-22(15)9-12-6-19-21(2)8-12/h3-4,6-8,14-15,18H,5,9-11H2,1-2H3/t14-,15-/m0/s1. The molecule has 2 atom stereocenters. The molecule has 1 aliphatic heterocycles. The molecule has 0 unspecified atom stereocenters. The minimum atomic E-state index is -0.840. The Labute approximate surface area is 134 Å². The van der Waals surface area contributed by atoms with Gasteiger partial charge in [0.1, 0.15) is 6.17 Å². The van der Waals surface area contributed by atoms with Gasteiger partial charge < -0.3 is 9.88 Å². The van der Waals surface area contributed by atoms with Gasteiger partial charge in [0.2, 0.25) is 0 Å². The van der Waals surface area contributed by atoms with E-state index in [0.29, 0.717) is 31.6 Å². The van der Waals surface area contributed by atoms with E-state index in [2.05, 4.69) is 15.0 Å². The molecule has 0 aromatic carbocycles. The first-order valence-electron chi connectivity index (χ1n) is 7.77.